The van der Waals surface area contributed by atoms with Crippen LogP contribution in [0.2, 0.25) is 0 Å². The summed E-state index contributed by atoms with van der Waals surface area (Å²) in [6.07, 6.45) is 4.43. The third-order valence-electron chi connectivity index (χ3n) is 4.44. The predicted molar refractivity (Wildman–Crippen MR) is 109 cm³/mol. The number of rotatable bonds is 9. The molecular formula is C23H26O5. The number of Topliss-reactive ketones (excluding diaryl/α,β-unsaturated/α-hetero) is 1. The van der Waals surface area contributed by atoms with Crippen molar-refractivity contribution in [3.63, 3.8) is 0 Å². The summed E-state index contributed by atoms with van der Waals surface area (Å²) in [6.45, 7) is 3.74. The highest BCUT2D eigenvalue weighted by atomic mass is 16.5. The molecular weight excluding hydrogens is 356 g/mol. The van der Waals surface area contributed by atoms with Gasteiger partial charge in [0, 0.05) is 17.2 Å². The molecule has 0 aliphatic heterocycles. The van der Waals surface area contributed by atoms with Crippen LogP contribution in [0, 0.1) is 0 Å². The number of carbonyl (C=O) groups is 2. The summed E-state index contributed by atoms with van der Waals surface area (Å²) < 4.78 is 15.7. The first kappa shape index (κ1) is 21.2. The number of hydrogen-bond acceptors (Lipinski definition) is 5. The third kappa shape index (κ3) is 5.22. The van der Waals surface area contributed by atoms with Crippen molar-refractivity contribution in [2.45, 2.75) is 26.7 Å². The lowest BCUT2D eigenvalue weighted by atomic mass is 9.98. The summed E-state index contributed by atoms with van der Waals surface area (Å²) in [5.41, 5.74) is 3.33. The van der Waals surface area contributed by atoms with Gasteiger partial charge in [-0.15, -0.1) is 0 Å². The molecule has 0 bridgehead atoms. The largest absolute Gasteiger partial charge is 0.493 e. The Morgan fingerprint density at radius 2 is 1.79 bits per heavy atom. The van der Waals surface area contributed by atoms with Gasteiger partial charge in [0.25, 0.3) is 0 Å². The standard InChI is InChI=1S/C23H26O5/c1-5-16-10-11-17(6-2)19(14-16)20(24)15-28-22(25)13-12-18-8-7-9-21(26-3)23(18)27-4/h7-14H,5-6,15H2,1-4H3/b13-12+. The Bertz CT molecular complexity index is 867. The normalized spacial score (nSPS) is 10.7. The van der Waals surface area contributed by atoms with E-state index in [-0.39, 0.29) is 12.4 Å². The smallest absolute Gasteiger partial charge is 0.331 e. The average Bonchev–Trinajstić information content (AvgIpc) is 2.74. The predicted octanol–water partition coefficient (Wildman–Crippen LogP) is 4.27. The maximum Gasteiger partial charge on any atom is 0.331 e. The number of hydrogen-bond donors (Lipinski definition) is 0. The van der Waals surface area contributed by atoms with Gasteiger partial charge in [-0.3, -0.25) is 4.79 Å². The van der Waals surface area contributed by atoms with Crippen LogP contribution in [0.1, 0.15) is 40.9 Å². The summed E-state index contributed by atoms with van der Waals surface area (Å²) in [4.78, 5) is 24.6. The Hall–Kier alpha value is -3.08. The molecule has 0 radical (unpaired) electrons. The van der Waals surface area contributed by atoms with Gasteiger partial charge >= 0.3 is 5.97 Å². The first-order valence-corrected chi connectivity index (χ1v) is 9.24. The van der Waals surface area contributed by atoms with Gasteiger partial charge in [-0.05, 0) is 42.2 Å². The van der Waals surface area contributed by atoms with Crippen LogP contribution in [0.4, 0.5) is 0 Å². The Kier molecular flexibility index (Phi) is 7.81. The van der Waals surface area contributed by atoms with Gasteiger partial charge in [-0.1, -0.05) is 38.1 Å². The van der Waals surface area contributed by atoms with Gasteiger partial charge in [-0.25, -0.2) is 4.79 Å². The summed E-state index contributed by atoms with van der Waals surface area (Å²) in [7, 11) is 3.07. The first-order chi connectivity index (χ1) is 13.5. The lowest BCUT2D eigenvalue weighted by molar-refractivity contribution is -0.136. The second-order valence-corrected chi connectivity index (χ2v) is 6.15. The SMILES string of the molecule is CCc1ccc(CC)c(C(=O)COC(=O)/C=C/c2cccc(OC)c2OC)c1. The minimum atomic E-state index is -0.595. The molecule has 0 N–H and O–H groups in total. The van der Waals surface area contributed by atoms with Gasteiger partial charge in [0.05, 0.1) is 14.2 Å². The van der Waals surface area contributed by atoms with E-state index in [4.69, 9.17) is 14.2 Å². The van der Waals surface area contributed by atoms with E-state index in [2.05, 4.69) is 0 Å². The van der Waals surface area contributed by atoms with E-state index in [0.29, 0.717) is 22.6 Å². The molecule has 0 saturated heterocycles. The number of ketones is 1. The van der Waals surface area contributed by atoms with Crippen LogP contribution in [-0.2, 0) is 22.4 Å². The fraction of sp³-hybridized carbons (Fsp3) is 0.304. The maximum atomic E-state index is 12.5. The lowest BCUT2D eigenvalue weighted by Crippen LogP contribution is -2.14. The van der Waals surface area contributed by atoms with Crippen molar-refractivity contribution in [3.8, 4) is 11.5 Å². The van der Waals surface area contributed by atoms with Crippen molar-refractivity contribution in [1.29, 1.82) is 0 Å². The van der Waals surface area contributed by atoms with Crippen LogP contribution in [-0.4, -0.2) is 32.6 Å². The summed E-state index contributed by atoms with van der Waals surface area (Å²) in [5, 5.41) is 0. The molecule has 5 nitrogen and oxygen atoms in total. The Morgan fingerprint density at radius 3 is 2.43 bits per heavy atom. The van der Waals surface area contributed by atoms with E-state index < -0.39 is 5.97 Å². The first-order valence-electron chi connectivity index (χ1n) is 9.24. The highest BCUT2D eigenvalue weighted by molar-refractivity contribution is 6.00. The molecule has 2 aromatic carbocycles. The molecule has 0 unspecified atom stereocenters. The number of ether oxygens (including phenoxy) is 3. The molecule has 2 aromatic rings. The van der Waals surface area contributed by atoms with Crippen LogP contribution in [0.3, 0.4) is 0 Å². The minimum absolute atomic E-state index is 0.201. The number of aryl methyl sites for hydroxylation is 2. The molecule has 0 heterocycles. The number of para-hydroxylation sites is 1. The van der Waals surface area contributed by atoms with Crippen LogP contribution in [0.5, 0.6) is 11.5 Å². The van der Waals surface area contributed by atoms with Gasteiger partial charge in [0.1, 0.15) is 0 Å². The topological polar surface area (TPSA) is 61.8 Å². The highest BCUT2D eigenvalue weighted by Crippen LogP contribution is 2.31. The monoisotopic (exact) mass is 382 g/mol. The molecule has 0 saturated carbocycles. The second kappa shape index (κ2) is 10.3. The van der Waals surface area contributed by atoms with Crippen LogP contribution < -0.4 is 9.47 Å². The fourth-order valence-corrected chi connectivity index (χ4v) is 2.87. The van der Waals surface area contributed by atoms with Crippen molar-refractivity contribution in [2.24, 2.45) is 0 Å². The van der Waals surface area contributed by atoms with E-state index in [1.54, 1.807) is 31.4 Å². The molecule has 5 heteroatoms. The number of benzene rings is 2. The number of carbonyl (C=O) groups excluding carboxylic acids is 2. The molecule has 148 valence electrons. The highest BCUT2D eigenvalue weighted by Gasteiger charge is 2.13. The van der Waals surface area contributed by atoms with Gasteiger partial charge in [0.2, 0.25) is 5.78 Å². The van der Waals surface area contributed by atoms with E-state index in [1.807, 2.05) is 32.0 Å². The van der Waals surface area contributed by atoms with E-state index in [1.165, 1.54) is 13.2 Å². The fourth-order valence-electron chi connectivity index (χ4n) is 2.87. The molecule has 0 spiro atoms. The number of methoxy groups -OCH3 is 2. The molecule has 0 aliphatic rings. The van der Waals surface area contributed by atoms with Gasteiger partial charge < -0.3 is 14.2 Å². The molecule has 0 fully saturated rings. The van der Waals surface area contributed by atoms with Crippen molar-refractivity contribution in [2.75, 3.05) is 20.8 Å². The zero-order valence-electron chi connectivity index (χ0n) is 16.8. The van der Waals surface area contributed by atoms with Crippen molar-refractivity contribution < 1.29 is 23.8 Å². The van der Waals surface area contributed by atoms with Gasteiger partial charge in [-0.2, -0.15) is 0 Å². The maximum absolute atomic E-state index is 12.5. The zero-order chi connectivity index (χ0) is 20.5. The second-order valence-electron chi connectivity index (χ2n) is 6.15. The zero-order valence-corrected chi connectivity index (χ0v) is 16.8. The summed E-state index contributed by atoms with van der Waals surface area (Å²) >= 11 is 0. The molecule has 0 atom stereocenters. The van der Waals surface area contributed by atoms with E-state index >= 15 is 0 Å². The molecule has 0 amide bonds. The van der Waals surface area contributed by atoms with Crippen molar-refractivity contribution >= 4 is 17.8 Å². The summed E-state index contributed by atoms with van der Waals surface area (Å²) in [5.74, 6) is 0.293. The van der Waals surface area contributed by atoms with E-state index in [0.717, 1.165) is 24.0 Å². The molecule has 0 aliphatic carbocycles. The van der Waals surface area contributed by atoms with Crippen LogP contribution >= 0.6 is 0 Å². The molecule has 2 rings (SSSR count). The minimum Gasteiger partial charge on any atom is -0.493 e. The lowest BCUT2D eigenvalue weighted by Gasteiger charge is -2.10. The van der Waals surface area contributed by atoms with Crippen molar-refractivity contribution in [1.82, 2.24) is 0 Å². The quantitative estimate of drug-likeness (QED) is 0.368. The van der Waals surface area contributed by atoms with Crippen LogP contribution in [0.25, 0.3) is 6.08 Å². The summed E-state index contributed by atoms with van der Waals surface area (Å²) in [6, 6.07) is 11.2. The third-order valence-corrected chi connectivity index (χ3v) is 4.44. The van der Waals surface area contributed by atoms with E-state index in [9.17, 15) is 9.59 Å². The average molecular weight is 382 g/mol. The van der Waals surface area contributed by atoms with Crippen LogP contribution in [0.15, 0.2) is 42.5 Å². The number of esters is 1. The molecule has 0 aromatic heterocycles. The Labute approximate surface area is 165 Å². The van der Waals surface area contributed by atoms with Crippen molar-refractivity contribution in [3.05, 3.63) is 64.7 Å². The Morgan fingerprint density at radius 1 is 1.00 bits per heavy atom. The Balaban J connectivity index is 2.05. The molecule has 28 heavy (non-hydrogen) atoms. The van der Waals surface area contributed by atoms with Gasteiger partial charge in [0.15, 0.2) is 18.1 Å².